The summed E-state index contributed by atoms with van der Waals surface area (Å²) in [6, 6.07) is 7.63. The van der Waals surface area contributed by atoms with Crippen molar-refractivity contribution in [3.63, 3.8) is 0 Å². The Morgan fingerprint density at radius 1 is 1.09 bits per heavy atom. The van der Waals surface area contributed by atoms with E-state index in [1.165, 1.54) is 26.0 Å². The lowest BCUT2D eigenvalue weighted by molar-refractivity contribution is -0.153. The molecule has 0 bridgehead atoms. The Bertz CT molecular complexity index is 782. The average molecular weight is 465 g/mol. The molecule has 0 aliphatic heterocycles. The van der Waals surface area contributed by atoms with Gasteiger partial charge in [0.15, 0.2) is 5.12 Å². The summed E-state index contributed by atoms with van der Waals surface area (Å²) in [6.07, 6.45) is 3.62. The zero-order valence-electron chi connectivity index (χ0n) is 18.9. The van der Waals surface area contributed by atoms with Crippen LogP contribution in [0, 0.1) is 0 Å². The fraction of sp³-hybridized carbons (Fsp3) is 0.565. The maximum absolute atomic E-state index is 13.5. The Morgan fingerprint density at radius 2 is 1.75 bits per heavy atom. The van der Waals surface area contributed by atoms with Crippen LogP contribution in [-0.4, -0.2) is 66.1 Å². The molecule has 0 aromatic heterocycles. The first-order valence-corrected chi connectivity index (χ1v) is 11.7. The van der Waals surface area contributed by atoms with Gasteiger partial charge in [-0.05, 0) is 24.8 Å². The highest BCUT2D eigenvalue weighted by molar-refractivity contribution is 8.13. The topological polar surface area (TPSA) is 102 Å². The van der Waals surface area contributed by atoms with E-state index in [0.717, 1.165) is 43.0 Å². The largest absolute Gasteiger partial charge is 0.469 e. The summed E-state index contributed by atoms with van der Waals surface area (Å²) >= 11 is 1.14. The first-order valence-electron chi connectivity index (χ1n) is 10.8. The molecular formula is C23H32N2O6S. The zero-order valence-corrected chi connectivity index (χ0v) is 19.7. The van der Waals surface area contributed by atoms with E-state index >= 15 is 0 Å². The quantitative estimate of drug-likeness (QED) is 0.531. The maximum atomic E-state index is 13.5. The van der Waals surface area contributed by atoms with Crippen molar-refractivity contribution in [2.24, 2.45) is 0 Å². The van der Waals surface area contributed by atoms with E-state index in [-0.39, 0.29) is 23.6 Å². The predicted molar refractivity (Wildman–Crippen MR) is 122 cm³/mol. The van der Waals surface area contributed by atoms with Gasteiger partial charge in [-0.25, -0.2) is 9.59 Å². The highest BCUT2D eigenvalue weighted by Crippen LogP contribution is 2.27. The van der Waals surface area contributed by atoms with Crippen LogP contribution in [0.5, 0.6) is 0 Å². The number of thioether (sulfide) groups is 1. The molecule has 32 heavy (non-hydrogen) atoms. The van der Waals surface area contributed by atoms with Crippen LogP contribution in [0.25, 0.3) is 0 Å². The minimum absolute atomic E-state index is 0.0388. The zero-order chi connectivity index (χ0) is 23.5. The minimum atomic E-state index is -1.08. The van der Waals surface area contributed by atoms with Crippen molar-refractivity contribution in [2.45, 2.75) is 63.6 Å². The van der Waals surface area contributed by atoms with Gasteiger partial charge < -0.3 is 19.7 Å². The third-order valence-corrected chi connectivity index (χ3v) is 6.47. The van der Waals surface area contributed by atoms with Crippen molar-refractivity contribution in [1.29, 1.82) is 0 Å². The molecule has 1 aliphatic carbocycles. The van der Waals surface area contributed by atoms with Crippen molar-refractivity contribution < 1.29 is 28.7 Å². The Morgan fingerprint density at radius 3 is 2.31 bits per heavy atom. The first kappa shape index (κ1) is 25.7. The number of ether oxygens (including phenoxy) is 2. The number of esters is 2. The van der Waals surface area contributed by atoms with Crippen LogP contribution in [0.15, 0.2) is 30.3 Å². The molecule has 2 unspecified atom stereocenters. The molecule has 2 rings (SSSR count). The van der Waals surface area contributed by atoms with E-state index in [0.29, 0.717) is 12.2 Å². The summed E-state index contributed by atoms with van der Waals surface area (Å²) in [4.78, 5) is 51.0. The highest BCUT2D eigenvalue weighted by Gasteiger charge is 2.39. The molecule has 1 saturated carbocycles. The average Bonchev–Trinajstić information content (AvgIpc) is 3.31. The highest BCUT2D eigenvalue weighted by atomic mass is 32.2. The van der Waals surface area contributed by atoms with Gasteiger partial charge in [0.2, 0.25) is 0 Å². The van der Waals surface area contributed by atoms with Crippen LogP contribution in [0.2, 0.25) is 0 Å². The first-order chi connectivity index (χ1) is 15.3. The lowest BCUT2D eigenvalue weighted by Crippen LogP contribution is -2.57. The summed E-state index contributed by atoms with van der Waals surface area (Å²) in [6.45, 7) is 1.49. The monoisotopic (exact) mass is 464 g/mol. The second-order valence-electron chi connectivity index (χ2n) is 7.80. The van der Waals surface area contributed by atoms with Crippen molar-refractivity contribution >= 4 is 34.8 Å². The molecule has 2 amide bonds. The second kappa shape index (κ2) is 13.1. The number of carbonyl (C=O) groups is 4. The standard InChI is InChI=1S/C23H32N2O6S/c1-16(26)32-15-18(13-17-9-5-4-6-10-17)24-23(29)25(19-11-7-8-12-19)20(22(28)31-3)14-21(27)30-2/h4-6,9-10,18-20H,7-8,11-15H2,1-3H3,(H,24,29). The van der Waals surface area contributed by atoms with Gasteiger partial charge in [0.25, 0.3) is 0 Å². The third-order valence-electron chi connectivity index (χ3n) is 5.49. The van der Waals surface area contributed by atoms with Crippen LogP contribution in [0.4, 0.5) is 4.79 Å². The van der Waals surface area contributed by atoms with Crippen molar-refractivity contribution in [1.82, 2.24) is 10.2 Å². The van der Waals surface area contributed by atoms with Gasteiger partial charge >= 0.3 is 18.0 Å². The number of hydrogen-bond acceptors (Lipinski definition) is 7. The Hall–Kier alpha value is -2.55. The van der Waals surface area contributed by atoms with Crippen LogP contribution in [0.3, 0.4) is 0 Å². The predicted octanol–water partition coefficient (Wildman–Crippen LogP) is 2.94. The van der Waals surface area contributed by atoms with Crippen LogP contribution < -0.4 is 5.32 Å². The van der Waals surface area contributed by atoms with E-state index in [1.807, 2.05) is 30.3 Å². The molecule has 1 aliphatic rings. The molecular weight excluding hydrogens is 432 g/mol. The van der Waals surface area contributed by atoms with Crippen molar-refractivity contribution in [3.8, 4) is 0 Å². The Kier molecular flexibility index (Phi) is 10.5. The number of methoxy groups -OCH3 is 2. The van der Waals surface area contributed by atoms with E-state index in [2.05, 4.69) is 5.32 Å². The number of urea groups is 1. The molecule has 0 saturated heterocycles. The Labute approximate surface area is 193 Å². The molecule has 0 spiro atoms. The van der Waals surface area contributed by atoms with E-state index in [9.17, 15) is 19.2 Å². The summed E-state index contributed by atoms with van der Waals surface area (Å²) in [5.41, 5.74) is 1.02. The number of nitrogens with one attached hydrogen (secondary N) is 1. The second-order valence-corrected chi connectivity index (χ2v) is 9.00. The fourth-order valence-electron chi connectivity index (χ4n) is 3.93. The number of carbonyl (C=O) groups excluding carboxylic acids is 4. The van der Waals surface area contributed by atoms with Gasteiger partial charge in [0, 0.05) is 24.8 Å². The molecule has 1 aromatic rings. The molecule has 2 atom stereocenters. The number of amides is 2. The summed E-state index contributed by atoms with van der Waals surface area (Å²) in [7, 11) is 2.48. The van der Waals surface area contributed by atoms with Gasteiger partial charge in [0.05, 0.1) is 20.6 Å². The summed E-state index contributed by atoms with van der Waals surface area (Å²) < 4.78 is 9.66. The molecule has 1 fully saturated rings. The summed E-state index contributed by atoms with van der Waals surface area (Å²) in [5, 5.41) is 2.96. The van der Waals surface area contributed by atoms with Gasteiger partial charge in [-0.3, -0.25) is 9.59 Å². The molecule has 1 aromatic carbocycles. The van der Waals surface area contributed by atoms with Crippen molar-refractivity contribution in [3.05, 3.63) is 35.9 Å². The molecule has 1 N–H and O–H groups in total. The van der Waals surface area contributed by atoms with Gasteiger partial charge in [-0.15, -0.1) is 0 Å². The smallest absolute Gasteiger partial charge is 0.329 e. The third kappa shape index (κ3) is 7.85. The van der Waals surface area contributed by atoms with Crippen molar-refractivity contribution in [2.75, 3.05) is 20.0 Å². The minimum Gasteiger partial charge on any atom is -0.469 e. The van der Waals surface area contributed by atoms with Crippen LogP contribution >= 0.6 is 11.8 Å². The maximum Gasteiger partial charge on any atom is 0.329 e. The van der Waals surface area contributed by atoms with E-state index in [1.54, 1.807) is 0 Å². The molecule has 8 nitrogen and oxygen atoms in total. The van der Waals surface area contributed by atoms with Crippen LogP contribution in [0.1, 0.15) is 44.6 Å². The normalized spacial score (nSPS) is 15.5. The lowest BCUT2D eigenvalue weighted by Gasteiger charge is -2.35. The summed E-state index contributed by atoms with van der Waals surface area (Å²) in [5.74, 6) is -0.853. The molecule has 0 radical (unpaired) electrons. The molecule has 176 valence electrons. The van der Waals surface area contributed by atoms with E-state index in [4.69, 9.17) is 9.47 Å². The SMILES string of the molecule is COC(=O)CC(C(=O)OC)N(C(=O)NC(CSC(C)=O)Cc1ccccc1)C1CCCC1. The van der Waals surface area contributed by atoms with Gasteiger partial charge in [0.1, 0.15) is 6.04 Å². The lowest BCUT2D eigenvalue weighted by atomic mass is 10.1. The molecule has 9 heteroatoms. The Balaban J connectivity index is 2.26. The number of rotatable bonds is 10. The van der Waals surface area contributed by atoms with Gasteiger partial charge in [-0.2, -0.15) is 0 Å². The number of nitrogens with zero attached hydrogens (tertiary/aromatic N) is 1. The number of benzene rings is 1. The molecule has 0 heterocycles. The van der Waals surface area contributed by atoms with Crippen LogP contribution in [-0.2, 0) is 30.3 Å². The van der Waals surface area contributed by atoms with E-state index < -0.39 is 24.0 Å². The number of hydrogen-bond donors (Lipinski definition) is 1. The fourth-order valence-corrected chi connectivity index (χ4v) is 4.57. The van der Waals surface area contributed by atoms with Gasteiger partial charge in [-0.1, -0.05) is 54.9 Å².